The van der Waals surface area contributed by atoms with Gasteiger partial charge in [0.2, 0.25) is 0 Å². The highest BCUT2D eigenvalue weighted by atomic mass is 35.5. The van der Waals surface area contributed by atoms with Crippen LogP contribution in [0.15, 0.2) is 48.8 Å². The molecule has 0 unspecified atom stereocenters. The Balaban J connectivity index is 1.53. The minimum atomic E-state index is -4.90. The summed E-state index contributed by atoms with van der Waals surface area (Å²) in [7, 11) is 1.64. The van der Waals surface area contributed by atoms with Gasteiger partial charge in [0.05, 0.1) is 46.0 Å². The number of amides is 1. The smallest absolute Gasteiger partial charge is 0.416 e. The van der Waals surface area contributed by atoms with Crippen LogP contribution in [0, 0.1) is 11.6 Å². The van der Waals surface area contributed by atoms with Gasteiger partial charge in [0, 0.05) is 25.2 Å². The molecule has 0 atom stereocenters. The molecular formula is C27H20ClF5N8O2. The van der Waals surface area contributed by atoms with Crippen molar-refractivity contribution in [2.24, 2.45) is 7.05 Å². The highest BCUT2D eigenvalue weighted by molar-refractivity contribution is 6.32. The number of hydrogen-bond acceptors (Lipinski definition) is 7. The zero-order valence-corrected chi connectivity index (χ0v) is 22.8. The van der Waals surface area contributed by atoms with Gasteiger partial charge in [-0.25, -0.2) is 18.4 Å². The Morgan fingerprint density at radius 1 is 1.09 bits per heavy atom. The van der Waals surface area contributed by atoms with E-state index in [1.807, 2.05) is 4.90 Å². The van der Waals surface area contributed by atoms with Crippen LogP contribution in [0.3, 0.4) is 0 Å². The second-order valence-corrected chi connectivity index (χ2v) is 10.1. The van der Waals surface area contributed by atoms with Crippen LogP contribution in [0.1, 0.15) is 21.7 Å². The highest BCUT2D eigenvalue weighted by Crippen LogP contribution is 2.46. The van der Waals surface area contributed by atoms with Gasteiger partial charge in [-0.1, -0.05) is 11.6 Å². The summed E-state index contributed by atoms with van der Waals surface area (Å²) in [6, 6.07) is 6.39. The number of benzene rings is 3. The maximum absolute atomic E-state index is 14.2. The van der Waals surface area contributed by atoms with Crippen LogP contribution in [0.25, 0.3) is 10.9 Å². The third-order valence-corrected chi connectivity index (χ3v) is 7.17. The van der Waals surface area contributed by atoms with E-state index in [1.165, 1.54) is 23.1 Å². The molecule has 0 fully saturated rings. The van der Waals surface area contributed by atoms with Crippen molar-refractivity contribution in [1.29, 1.82) is 0 Å². The molecule has 0 aliphatic carbocycles. The van der Waals surface area contributed by atoms with E-state index in [4.69, 9.17) is 22.1 Å². The van der Waals surface area contributed by atoms with Gasteiger partial charge in [0.25, 0.3) is 5.91 Å². The monoisotopic (exact) mass is 618 g/mol. The molecule has 3 heterocycles. The van der Waals surface area contributed by atoms with Gasteiger partial charge < -0.3 is 20.7 Å². The molecule has 2 aromatic heterocycles. The largest absolute Gasteiger partial charge is 0.453 e. The minimum absolute atomic E-state index is 0.0219. The molecule has 0 bridgehead atoms. The molecule has 43 heavy (non-hydrogen) atoms. The average Bonchev–Trinajstić information content (AvgIpc) is 3.54. The fourth-order valence-corrected chi connectivity index (χ4v) is 5.08. The number of nitrogens with two attached hydrogens (primary N) is 1. The van der Waals surface area contributed by atoms with Crippen molar-refractivity contribution >= 4 is 45.6 Å². The predicted molar refractivity (Wildman–Crippen MR) is 147 cm³/mol. The van der Waals surface area contributed by atoms with Crippen molar-refractivity contribution in [3.05, 3.63) is 82.4 Å². The van der Waals surface area contributed by atoms with Crippen molar-refractivity contribution in [2.75, 3.05) is 22.5 Å². The molecule has 6 rings (SSSR count). The summed E-state index contributed by atoms with van der Waals surface area (Å²) >= 11 is 6.26. The third-order valence-electron chi connectivity index (χ3n) is 6.86. The van der Waals surface area contributed by atoms with Gasteiger partial charge in [0.15, 0.2) is 11.6 Å². The summed E-state index contributed by atoms with van der Waals surface area (Å²) in [6.07, 6.45) is -3.47. The van der Waals surface area contributed by atoms with Gasteiger partial charge in [-0.2, -0.15) is 23.4 Å². The summed E-state index contributed by atoms with van der Waals surface area (Å²) in [4.78, 5) is 19.5. The molecule has 10 nitrogen and oxygen atoms in total. The number of aryl methyl sites for hydroxylation is 1. The van der Waals surface area contributed by atoms with Crippen molar-refractivity contribution in [3.8, 4) is 11.5 Å². The predicted octanol–water partition coefficient (Wildman–Crippen LogP) is 5.76. The van der Waals surface area contributed by atoms with E-state index < -0.39 is 34.8 Å². The number of fused-ring (bicyclic) bond motifs is 2. The number of aromatic nitrogens is 5. The number of anilines is 3. The van der Waals surface area contributed by atoms with Gasteiger partial charge in [0.1, 0.15) is 29.5 Å². The number of nitrogens with zero attached hydrogens (tertiary/aromatic N) is 6. The lowest BCUT2D eigenvalue weighted by Gasteiger charge is -2.30. The SMILES string of the molecule is Cn1nc(N)c2c(Oc3cc(F)ccc3Cl)c(NC(=O)c3cc(F)cc(C(F)(F)F)c3)cc(N3CCn4ncnc4C3)c21. The standard InChI is InChI=1S/C27H20ClF5N8O2/c1-39-23-19(40-4-5-41-21(11-40)35-12-36-41)10-18(37-26(42)13-6-14(27(31,32)33)8-16(30)7-13)24(22(23)25(34)38-39)43-20-9-15(29)2-3-17(20)28/h2-3,6-10,12H,4-5,11H2,1H3,(H2,34,38)(H,37,42). The van der Waals surface area contributed by atoms with Crippen molar-refractivity contribution < 1.29 is 31.5 Å². The van der Waals surface area contributed by atoms with E-state index in [2.05, 4.69) is 20.5 Å². The Morgan fingerprint density at radius 2 is 1.88 bits per heavy atom. The van der Waals surface area contributed by atoms with Crippen LogP contribution in [0.4, 0.5) is 39.1 Å². The van der Waals surface area contributed by atoms with Gasteiger partial charge in [-0.3, -0.25) is 9.48 Å². The number of nitrogens with one attached hydrogen (secondary N) is 1. The number of nitrogen functional groups attached to an aromatic ring is 1. The lowest BCUT2D eigenvalue weighted by Crippen LogP contribution is -2.34. The first-order valence-corrected chi connectivity index (χ1v) is 13.0. The van der Waals surface area contributed by atoms with E-state index in [9.17, 15) is 26.7 Å². The maximum atomic E-state index is 14.2. The summed E-state index contributed by atoms with van der Waals surface area (Å²) < 4.78 is 77.7. The van der Waals surface area contributed by atoms with Crippen LogP contribution in [0.2, 0.25) is 5.02 Å². The summed E-state index contributed by atoms with van der Waals surface area (Å²) in [6.45, 7) is 1.24. The fourth-order valence-electron chi connectivity index (χ4n) is 4.92. The number of carbonyl (C=O) groups excluding carboxylic acids is 1. The Labute approximate surface area is 244 Å². The van der Waals surface area contributed by atoms with E-state index in [1.54, 1.807) is 11.7 Å². The van der Waals surface area contributed by atoms with Crippen molar-refractivity contribution in [3.63, 3.8) is 0 Å². The highest BCUT2D eigenvalue weighted by Gasteiger charge is 2.33. The van der Waals surface area contributed by atoms with E-state index in [-0.39, 0.29) is 39.5 Å². The maximum Gasteiger partial charge on any atom is 0.416 e. The Hall–Kier alpha value is -4.92. The first-order valence-electron chi connectivity index (χ1n) is 12.6. The van der Waals surface area contributed by atoms with Crippen molar-refractivity contribution in [1.82, 2.24) is 24.5 Å². The van der Waals surface area contributed by atoms with E-state index >= 15 is 0 Å². The number of hydrogen-bond donors (Lipinski definition) is 2. The van der Waals surface area contributed by atoms with Crippen molar-refractivity contribution in [2.45, 2.75) is 19.3 Å². The summed E-state index contributed by atoms with van der Waals surface area (Å²) in [5.41, 5.74) is 5.27. The quantitative estimate of drug-likeness (QED) is 0.241. The molecule has 0 spiro atoms. The summed E-state index contributed by atoms with van der Waals surface area (Å²) in [5, 5.41) is 11.2. The molecule has 1 aliphatic rings. The number of rotatable bonds is 5. The third kappa shape index (κ3) is 5.27. The Kier molecular flexibility index (Phi) is 6.83. The number of ether oxygens (including phenoxy) is 1. The molecular weight excluding hydrogens is 599 g/mol. The molecule has 1 aliphatic heterocycles. The lowest BCUT2D eigenvalue weighted by molar-refractivity contribution is -0.137. The molecule has 222 valence electrons. The van der Waals surface area contributed by atoms with E-state index in [0.29, 0.717) is 48.8 Å². The first kappa shape index (κ1) is 28.2. The van der Waals surface area contributed by atoms with Crippen LogP contribution >= 0.6 is 11.6 Å². The fraction of sp³-hybridized carbons (Fsp3) is 0.185. The van der Waals surface area contributed by atoms with Gasteiger partial charge in [-0.15, -0.1) is 0 Å². The van der Waals surface area contributed by atoms with Crippen LogP contribution in [-0.4, -0.2) is 37.0 Å². The van der Waals surface area contributed by atoms with Gasteiger partial charge in [-0.05, 0) is 36.4 Å². The minimum Gasteiger partial charge on any atom is -0.453 e. The first-order chi connectivity index (χ1) is 20.4. The second kappa shape index (κ2) is 10.4. The second-order valence-electron chi connectivity index (χ2n) is 9.68. The molecule has 3 N–H and O–H groups in total. The molecule has 16 heteroatoms. The average molecular weight is 619 g/mol. The normalized spacial score (nSPS) is 13.3. The lowest BCUT2D eigenvalue weighted by atomic mass is 10.1. The van der Waals surface area contributed by atoms with E-state index in [0.717, 1.165) is 12.1 Å². The molecule has 0 radical (unpaired) electrons. The number of carbonyl (C=O) groups is 1. The number of halogens is 6. The van der Waals surface area contributed by atoms with Crippen LogP contribution in [0.5, 0.6) is 11.5 Å². The summed E-state index contributed by atoms with van der Waals surface area (Å²) in [5.74, 6) is -2.62. The van der Waals surface area contributed by atoms with Crippen LogP contribution in [-0.2, 0) is 26.3 Å². The molecule has 0 saturated carbocycles. The molecule has 1 amide bonds. The topological polar surface area (TPSA) is 116 Å². The zero-order valence-electron chi connectivity index (χ0n) is 22.1. The number of alkyl halides is 3. The Morgan fingerprint density at radius 3 is 2.65 bits per heavy atom. The molecule has 5 aromatic rings. The van der Waals surface area contributed by atoms with Crippen LogP contribution < -0.4 is 20.7 Å². The zero-order chi connectivity index (χ0) is 30.6. The van der Waals surface area contributed by atoms with Gasteiger partial charge >= 0.3 is 6.18 Å². The Bertz CT molecular complexity index is 1900. The molecule has 0 saturated heterocycles. The molecule has 3 aromatic carbocycles.